The van der Waals surface area contributed by atoms with E-state index >= 15 is 0 Å². The molecule has 2 heterocycles. The number of pyridine rings is 1. The van der Waals surface area contributed by atoms with Gasteiger partial charge in [-0.15, -0.1) is 0 Å². The number of ether oxygens (including phenoxy) is 1. The maximum absolute atomic E-state index is 5.48. The molecular formula is C15H22N4O. The summed E-state index contributed by atoms with van der Waals surface area (Å²) in [5, 5.41) is 7.72. The second-order valence-corrected chi connectivity index (χ2v) is 5.54. The summed E-state index contributed by atoms with van der Waals surface area (Å²) in [6.07, 6.45) is 6.30. The number of anilines is 1. The van der Waals surface area contributed by atoms with Gasteiger partial charge in [-0.1, -0.05) is 0 Å². The molecule has 5 nitrogen and oxygen atoms in total. The van der Waals surface area contributed by atoms with Gasteiger partial charge in [-0.05, 0) is 45.4 Å². The molecule has 0 aliphatic carbocycles. The number of hydrogen-bond acceptors (Lipinski definition) is 4. The van der Waals surface area contributed by atoms with Crippen LogP contribution in [0, 0.1) is 0 Å². The van der Waals surface area contributed by atoms with E-state index in [1.165, 1.54) is 0 Å². The summed E-state index contributed by atoms with van der Waals surface area (Å²) in [7, 11) is 1.74. The summed E-state index contributed by atoms with van der Waals surface area (Å²) < 4.78 is 7.24. The third kappa shape index (κ3) is 3.57. The van der Waals surface area contributed by atoms with Crippen LogP contribution >= 0.6 is 0 Å². The van der Waals surface area contributed by atoms with E-state index in [1.807, 2.05) is 24.4 Å². The van der Waals surface area contributed by atoms with Crippen LogP contribution in [0.2, 0.25) is 0 Å². The molecule has 2 rings (SSSR count). The molecule has 0 aliphatic rings. The van der Waals surface area contributed by atoms with Gasteiger partial charge in [0.25, 0.3) is 0 Å². The first-order valence-electron chi connectivity index (χ1n) is 6.78. The Bertz CT molecular complexity index is 537. The third-order valence-corrected chi connectivity index (χ3v) is 3.26. The minimum Gasteiger partial charge on any atom is -0.379 e. The zero-order chi connectivity index (χ0) is 14.6. The SMILES string of the molecule is COC(C)(C)CC(C)Nc1cccnc1-n1cccn1. The van der Waals surface area contributed by atoms with E-state index < -0.39 is 0 Å². The highest BCUT2D eigenvalue weighted by Crippen LogP contribution is 2.21. The molecule has 0 spiro atoms. The smallest absolute Gasteiger partial charge is 0.176 e. The molecule has 0 bridgehead atoms. The standard InChI is InChI=1S/C15H22N4O/c1-12(11-15(2,3)20-4)18-13-7-5-8-16-14(13)19-10-6-9-17-19/h5-10,12,18H,11H2,1-4H3. The normalized spacial score (nSPS) is 13.2. The highest BCUT2D eigenvalue weighted by Gasteiger charge is 2.20. The number of nitrogens with zero attached hydrogens (tertiary/aromatic N) is 3. The largest absolute Gasteiger partial charge is 0.379 e. The van der Waals surface area contributed by atoms with Gasteiger partial charge in [0.05, 0.1) is 11.3 Å². The van der Waals surface area contributed by atoms with Gasteiger partial charge in [-0.25, -0.2) is 9.67 Å². The topological polar surface area (TPSA) is 52.0 Å². The van der Waals surface area contributed by atoms with Crippen LogP contribution in [-0.2, 0) is 4.74 Å². The van der Waals surface area contributed by atoms with Crippen molar-refractivity contribution in [1.82, 2.24) is 14.8 Å². The first-order chi connectivity index (χ1) is 9.52. The Morgan fingerprint density at radius 1 is 1.35 bits per heavy atom. The molecule has 0 fully saturated rings. The van der Waals surface area contributed by atoms with E-state index in [2.05, 4.69) is 36.2 Å². The van der Waals surface area contributed by atoms with Crippen LogP contribution in [-0.4, -0.2) is 33.5 Å². The number of rotatable bonds is 6. The van der Waals surface area contributed by atoms with E-state index in [1.54, 1.807) is 24.2 Å². The molecule has 0 radical (unpaired) electrons. The van der Waals surface area contributed by atoms with Crippen LogP contribution < -0.4 is 5.32 Å². The van der Waals surface area contributed by atoms with Crippen molar-refractivity contribution in [1.29, 1.82) is 0 Å². The molecule has 2 aromatic rings. The predicted octanol–water partition coefficient (Wildman–Crippen LogP) is 2.88. The van der Waals surface area contributed by atoms with Crippen molar-refractivity contribution in [3.63, 3.8) is 0 Å². The quantitative estimate of drug-likeness (QED) is 0.880. The highest BCUT2D eigenvalue weighted by molar-refractivity contribution is 5.56. The first-order valence-corrected chi connectivity index (χ1v) is 6.78. The summed E-state index contributed by atoms with van der Waals surface area (Å²) in [6.45, 7) is 6.31. The summed E-state index contributed by atoms with van der Waals surface area (Å²) in [5.41, 5.74) is 0.816. The molecule has 1 unspecified atom stereocenters. The van der Waals surface area contributed by atoms with E-state index in [-0.39, 0.29) is 11.6 Å². The van der Waals surface area contributed by atoms with Gasteiger partial charge >= 0.3 is 0 Å². The number of hydrogen-bond donors (Lipinski definition) is 1. The number of aromatic nitrogens is 3. The average Bonchev–Trinajstić information content (AvgIpc) is 2.92. The summed E-state index contributed by atoms with van der Waals surface area (Å²) in [6, 6.07) is 6.09. The van der Waals surface area contributed by atoms with Gasteiger partial charge in [0.1, 0.15) is 0 Å². The minimum atomic E-state index is -0.152. The minimum absolute atomic E-state index is 0.152. The fourth-order valence-corrected chi connectivity index (χ4v) is 2.22. The monoisotopic (exact) mass is 274 g/mol. The van der Waals surface area contributed by atoms with Crippen LogP contribution in [0.5, 0.6) is 0 Å². The van der Waals surface area contributed by atoms with Crippen molar-refractivity contribution in [2.45, 2.75) is 38.8 Å². The fraction of sp³-hybridized carbons (Fsp3) is 0.467. The maximum Gasteiger partial charge on any atom is 0.176 e. The Kier molecular flexibility index (Phi) is 4.39. The zero-order valence-corrected chi connectivity index (χ0v) is 12.5. The maximum atomic E-state index is 5.48. The number of methoxy groups -OCH3 is 1. The molecular weight excluding hydrogens is 252 g/mol. The Morgan fingerprint density at radius 2 is 2.15 bits per heavy atom. The molecule has 1 N–H and O–H groups in total. The molecule has 108 valence electrons. The summed E-state index contributed by atoms with van der Waals surface area (Å²) in [4.78, 5) is 4.40. The lowest BCUT2D eigenvalue weighted by atomic mass is 10.00. The molecule has 5 heteroatoms. The lowest BCUT2D eigenvalue weighted by Crippen LogP contribution is -2.31. The lowest BCUT2D eigenvalue weighted by Gasteiger charge is -2.28. The Labute approximate surface area is 120 Å². The van der Waals surface area contributed by atoms with E-state index in [0.29, 0.717) is 0 Å². The Morgan fingerprint density at radius 3 is 2.80 bits per heavy atom. The van der Waals surface area contributed by atoms with Crippen molar-refractivity contribution < 1.29 is 4.74 Å². The third-order valence-electron chi connectivity index (χ3n) is 3.26. The van der Waals surface area contributed by atoms with Crippen molar-refractivity contribution in [3.05, 3.63) is 36.8 Å². The average molecular weight is 274 g/mol. The Balaban J connectivity index is 2.14. The van der Waals surface area contributed by atoms with Crippen molar-refractivity contribution in [3.8, 4) is 5.82 Å². The lowest BCUT2D eigenvalue weighted by molar-refractivity contribution is 0.0128. The second kappa shape index (κ2) is 6.05. The molecule has 0 amide bonds. The van der Waals surface area contributed by atoms with Gasteiger partial charge < -0.3 is 10.1 Å². The van der Waals surface area contributed by atoms with E-state index in [9.17, 15) is 0 Å². The van der Waals surface area contributed by atoms with Crippen LogP contribution in [0.25, 0.3) is 5.82 Å². The van der Waals surface area contributed by atoms with Crippen LogP contribution in [0.15, 0.2) is 36.8 Å². The zero-order valence-electron chi connectivity index (χ0n) is 12.5. The van der Waals surface area contributed by atoms with Crippen LogP contribution in [0.4, 0.5) is 5.69 Å². The van der Waals surface area contributed by atoms with Crippen LogP contribution in [0.1, 0.15) is 27.2 Å². The van der Waals surface area contributed by atoms with E-state index in [0.717, 1.165) is 17.9 Å². The van der Waals surface area contributed by atoms with Gasteiger partial charge in [-0.3, -0.25) is 0 Å². The Hall–Kier alpha value is -1.88. The first kappa shape index (κ1) is 14.5. The summed E-state index contributed by atoms with van der Waals surface area (Å²) in [5.74, 6) is 0.805. The molecule has 0 saturated heterocycles. The molecule has 0 aliphatic heterocycles. The van der Waals surface area contributed by atoms with Gasteiger partial charge in [0.2, 0.25) is 0 Å². The second-order valence-electron chi connectivity index (χ2n) is 5.54. The predicted molar refractivity (Wildman–Crippen MR) is 80.1 cm³/mol. The molecule has 2 aromatic heterocycles. The molecule has 0 aromatic carbocycles. The van der Waals surface area contributed by atoms with Crippen molar-refractivity contribution >= 4 is 5.69 Å². The molecule has 0 saturated carbocycles. The molecule has 1 atom stereocenters. The highest BCUT2D eigenvalue weighted by atomic mass is 16.5. The number of nitrogens with one attached hydrogen (secondary N) is 1. The summed E-state index contributed by atoms with van der Waals surface area (Å²) >= 11 is 0. The van der Waals surface area contributed by atoms with Gasteiger partial charge in [-0.2, -0.15) is 5.10 Å². The van der Waals surface area contributed by atoms with Crippen LogP contribution in [0.3, 0.4) is 0 Å². The van der Waals surface area contributed by atoms with E-state index in [4.69, 9.17) is 4.74 Å². The fourth-order valence-electron chi connectivity index (χ4n) is 2.22. The van der Waals surface area contributed by atoms with Crippen molar-refractivity contribution in [2.24, 2.45) is 0 Å². The van der Waals surface area contributed by atoms with Gasteiger partial charge in [0, 0.05) is 31.7 Å². The van der Waals surface area contributed by atoms with Crippen molar-refractivity contribution in [2.75, 3.05) is 12.4 Å². The van der Waals surface area contributed by atoms with Gasteiger partial charge in [0.15, 0.2) is 5.82 Å². The molecule has 20 heavy (non-hydrogen) atoms.